The third-order valence-electron chi connectivity index (χ3n) is 0.959. The summed E-state index contributed by atoms with van der Waals surface area (Å²) in [6, 6.07) is 3.19. The molecule has 0 fully saturated rings. The van der Waals surface area contributed by atoms with Crippen LogP contribution in [0.2, 0.25) is 0 Å². The molecule has 10 heavy (non-hydrogen) atoms. The zero-order valence-corrected chi connectivity index (χ0v) is 5.84. The Kier molecular flexibility index (Phi) is 1.78. The Balaban J connectivity index is 3.23. The first-order chi connectivity index (χ1) is 4.74. The standard InChI is InChI=1S/C6H4N2OS/c7-2-5-6(10)1-4(9)3-8-5/h1,3,9-10H. The van der Waals surface area contributed by atoms with E-state index in [1.807, 2.05) is 6.07 Å². The van der Waals surface area contributed by atoms with Crippen LogP contribution in [0.4, 0.5) is 0 Å². The quantitative estimate of drug-likeness (QED) is 0.544. The number of pyridine rings is 1. The summed E-state index contributed by atoms with van der Waals surface area (Å²) < 4.78 is 0. The Morgan fingerprint density at radius 3 is 2.90 bits per heavy atom. The first-order valence-electron chi connectivity index (χ1n) is 2.52. The minimum Gasteiger partial charge on any atom is -0.506 e. The van der Waals surface area contributed by atoms with Gasteiger partial charge in [-0.05, 0) is 6.07 Å². The number of rotatable bonds is 0. The smallest absolute Gasteiger partial charge is 0.154 e. The van der Waals surface area contributed by atoms with Crippen molar-refractivity contribution in [2.24, 2.45) is 0 Å². The molecule has 0 aromatic carbocycles. The molecule has 0 radical (unpaired) electrons. The average molecular weight is 152 g/mol. The fraction of sp³-hybridized carbons (Fsp3) is 0. The van der Waals surface area contributed by atoms with Gasteiger partial charge >= 0.3 is 0 Å². The van der Waals surface area contributed by atoms with E-state index in [1.54, 1.807) is 0 Å². The summed E-state index contributed by atoms with van der Waals surface area (Å²) in [6.45, 7) is 0. The monoisotopic (exact) mass is 152 g/mol. The molecule has 50 valence electrons. The van der Waals surface area contributed by atoms with Crippen LogP contribution in [0.1, 0.15) is 5.69 Å². The molecule has 0 aliphatic rings. The molecular formula is C6H4N2OS. The van der Waals surface area contributed by atoms with Crippen molar-refractivity contribution in [3.8, 4) is 11.8 Å². The number of aromatic hydroxyl groups is 1. The van der Waals surface area contributed by atoms with E-state index in [0.29, 0.717) is 4.90 Å². The summed E-state index contributed by atoms with van der Waals surface area (Å²) in [7, 11) is 0. The molecule has 0 unspecified atom stereocenters. The number of nitriles is 1. The Hall–Kier alpha value is -1.21. The topological polar surface area (TPSA) is 56.9 Å². The van der Waals surface area contributed by atoms with E-state index in [0.717, 1.165) is 0 Å². The molecule has 1 rings (SSSR count). The second-order valence-electron chi connectivity index (χ2n) is 1.67. The van der Waals surface area contributed by atoms with Gasteiger partial charge in [0.15, 0.2) is 5.69 Å². The maximum absolute atomic E-state index is 8.81. The highest BCUT2D eigenvalue weighted by molar-refractivity contribution is 7.80. The molecule has 1 aromatic rings. The van der Waals surface area contributed by atoms with Gasteiger partial charge in [0.25, 0.3) is 0 Å². The van der Waals surface area contributed by atoms with E-state index in [4.69, 9.17) is 10.4 Å². The van der Waals surface area contributed by atoms with Crippen LogP contribution in [-0.4, -0.2) is 10.1 Å². The third-order valence-corrected chi connectivity index (χ3v) is 1.30. The predicted molar refractivity (Wildman–Crippen MR) is 37.9 cm³/mol. The lowest BCUT2D eigenvalue weighted by Crippen LogP contribution is -1.82. The minimum absolute atomic E-state index is 0.0176. The van der Waals surface area contributed by atoms with Crippen LogP contribution in [-0.2, 0) is 0 Å². The van der Waals surface area contributed by atoms with Crippen molar-refractivity contribution >= 4 is 12.6 Å². The van der Waals surface area contributed by atoms with E-state index >= 15 is 0 Å². The van der Waals surface area contributed by atoms with Crippen LogP contribution in [0.3, 0.4) is 0 Å². The Labute approximate surface area is 63.4 Å². The maximum Gasteiger partial charge on any atom is 0.154 e. The fourth-order valence-electron chi connectivity index (χ4n) is 0.529. The third kappa shape index (κ3) is 1.20. The molecule has 3 nitrogen and oxygen atoms in total. The Morgan fingerprint density at radius 1 is 1.70 bits per heavy atom. The highest BCUT2D eigenvalue weighted by Crippen LogP contribution is 2.15. The van der Waals surface area contributed by atoms with Gasteiger partial charge in [-0.25, -0.2) is 4.98 Å². The number of nitrogens with zero attached hydrogens (tertiary/aromatic N) is 2. The highest BCUT2D eigenvalue weighted by Gasteiger charge is 1.98. The number of thiol groups is 1. The SMILES string of the molecule is N#Cc1ncc(O)cc1S. The number of aromatic nitrogens is 1. The van der Waals surface area contributed by atoms with Gasteiger partial charge in [-0.15, -0.1) is 12.6 Å². The number of hydrogen-bond acceptors (Lipinski definition) is 4. The lowest BCUT2D eigenvalue weighted by Gasteiger charge is -1.93. The van der Waals surface area contributed by atoms with Gasteiger partial charge in [0, 0.05) is 4.90 Å². The fourth-order valence-corrected chi connectivity index (χ4v) is 0.769. The molecule has 0 aliphatic carbocycles. The van der Waals surface area contributed by atoms with Gasteiger partial charge < -0.3 is 5.11 Å². The second-order valence-corrected chi connectivity index (χ2v) is 2.15. The van der Waals surface area contributed by atoms with Crippen molar-refractivity contribution < 1.29 is 5.11 Å². The van der Waals surface area contributed by atoms with E-state index in [1.165, 1.54) is 12.3 Å². The van der Waals surface area contributed by atoms with E-state index in [9.17, 15) is 0 Å². The summed E-state index contributed by atoms with van der Waals surface area (Å²) in [6.07, 6.45) is 1.21. The largest absolute Gasteiger partial charge is 0.506 e. The lowest BCUT2D eigenvalue weighted by molar-refractivity contribution is 0.470. The van der Waals surface area contributed by atoms with Gasteiger partial charge in [-0.2, -0.15) is 5.26 Å². The van der Waals surface area contributed by atoms with Crippen LogP contribution in [0, 0.1) is 11.3 Å². The molecule has 0 aliphatic heterocycles. The molecule has 1 aromatic heterocycles. The van der Waals surface area contributed by atoms with Crippen LogP contribution < -0.4 is 0 Å². The van der Waals surface area contributed by atoms with Gasteiger partial charge in [-0.3, -0.25) is 0 Å². The summed E-state index contributed by atoms with van der Waals surface area (Å²) >= 11 is 3.90. The molecule has 4 heteroatoms. The number of hydrogen-bond donors (Lipinski definition) is 2. The molecule has 0 bridgehead atoms. The summed E-state index contributed by atoms with van der Waals surface area (Å²) in [5.74, 6) is 0.0176. The highest BCUT2D eigenvalue weighted by atomic mass is 32.1. The molecule has 0 atom stereocenters. The zero-order valence-electron chi connectivity index (χ0n) is 4.94. The van der Waals surface area contributed by atoms with Gasteiger partial charge in [0.05, 0.1) is 6.20 Å². The van der Waals surface area contributed by atoms with Crippen molar-refractivity contribution in [3.05, 3.63) is 18.0 Å². The normalized spacial score (nSPS) is 8.80. The summed E-state index contributed by atoms with van der Waals surface area (Å²) in [5, 5.41) is 17.2. The first-order valence-corrected chi connectivity index (χ1v) is 2.97. The van der Waals surface area contributed by atoms with Crippen LogP contribution in [0.5, 0.6) is 5.75 Å². The van der Waals surface area contributed by atoms with E-state index in [-0.39, 0.29) is 11.4 Å². The molecule has 0 spiro atoms. The average Bonchev–Trinajstić information content (AvgIpc) is 1.88. The molecule has 1 N–H and O–H groups in total. The van der Waals surface area contributed by atoms with Gasteiger partial charge in [-0.1, -0.05) is 0 Å². The van der Waals surface area contributed by atoms with Crippen molar-refractivity contribution in [3.63, 3.8) is 0 Å². The minimum atomic E-state index is 0.0176. The molecule has 1 heterocycles. The molecule has 0 saturated heterocycles. The summed E-state index contributed by atoms with van der Waals surface area (Å²) in [5.41, 5.74) is 0.223. The van der Waals surface area contributed by atoms with Crippen LogP contribution in [0.15, 0.2) is 17.2 Å². The lowest BCUT2D eigenvalue weighted by atomic mass is 10.3. The second kappa shape index (κ2) is 2.58. The Bertz CT molecular complexity index is 292. The van der Waals surface area contributed by atoms with Gasteiger partial charge in [0.1, 0.15) is 11.8 Å². The van der Waals surface area contributed by atoms with Crippen molar-refractivity contribution in [2.75, 3.05) is 0 Å². The van der Waals surface area contributed by atoms with E-state index < -0.39 is 0 Å². The van der Waals surface area contributed by atoms with Crippen LogP contribution >= 0.6 is 12.6 Å². The first kappa shape index (κ1) is 6.90. The van der Waals surface area contributed by atoms with E-state index in [2.05, 4.69) is 17.6 Å². The van der Waals surface area contributed by atoms with Crippen LogP contribution in [0.25, 0.3) is 0 Å². The van der Waals surface area contributed by atoms with Crippen molar-refractivity contribution in [2.45, 2.75) is 4.90 Å². The zero-order chi connectivity index (χ0) is 7.56. The van der Waals surface area contributed by atoms with Crippen molar-refractivity contribution in [1.29, 1.82) is 5.26 Å². The molecular weight excluding hydrogens is 148 g/mol. The summed E-state index contributed by atoms with van der Waals surface area (Å²) in [4.78, 5) is 4.00. The Morgan fingerprint density at radius 2 is 2.40 bits per heavy atom. The van der Waals surface area contributed by atoms with Gasteiger partial charge in [0.2, 0.25) is 0 Å². The maximum atomic E-state index is 8.81. The molecule has 0 amide bonds. The van der Waals surface area contributed by atoms with Crippen molar-refractivity contribution in [1.82, 2.24) is 4.98 Å². The predicted octanol–water partition coefficient (Wildman–Crippen LogP) is 0.948. The molecule has 0 saturated carbocycles.